The Balaban J connectivity index is 1.97. The number of rotatable bonds is 3. The number of alkyl halides is 3. The number of nitrogens with two attached hydrogens (primary N) is 1. The van der Waals surface area contributed by atoms with Crippen molar-refractivity contribution in [2.24, 2.45) is 11.7 Å². The Morgan fingerprint density at radius 3 is 2.45 bits per heavy atom. The summed E-state index contributed by atoms with van der Waals surface area (Å²) >= 11 is 1.37. The second-order valence-corrected chi connectivity index (χ2v) is 6.22. The van der Waals surface area contributed by atoms with Gasteiger partial charge in [-0.25, -0.2) is 0 Å². The second-order valence-electron chi connectivity index (χ2n) is 5.11. The van der Waals surface area contributed by atoms with Crippen LogP contribution in [0.25, 0.3) is 10.4 Å². The lowest BCUT2D eigenvalue weighted by Gasteiger charge is -2.11. The molecule has 106 valence electrons. The van der Waals surface area contributed by atoms with Crippen LogP contribution in [0.15, 0.2) is 36.4 Å². The molecule has 1 saturated carbocycles. The van der Waals surface area contributed by atoms with Crippen LogP contribution in [-0.4, -0.2) is 0 Å². The van der Waals surface area contributed by atoms with Gasteiger partial charge in [-0.3, -0.25) is 0 Å². The summed E-state index contributed by atoms with van der Waals surface area (Å²) < 4.78 is 39.1. The van der Waals surface area contributed by atoms with Gasteiger partial charge < -0.3 is 5.73 Å². The quantitative estimate of drug-likeness (QED) is 0.861. The SMILES string of the molecule is NC(c1ccc(-c2ccccc2C(F)(F)F)s1)C1CC1. The molecule has 2 N–H and O–H groups in total. The van der Waals surface area contributed by atoms with Crippen molar-refractivity contribution < 1.29 is 13.2 Å². The molecule has 1 aliphatic carbocycles. The Morgan fingerprint density at radius 2 is 1.80 bits per heavy atom. The molecule has 1 aliphatic rings. The van der Waals surface area contributed by atoms with E-state index in [9.17, 15) is 13.2 Å². The predicted molar refractivity (Wildman–Crippen MR) is 74.4 cm³/mol. The molecular weight excluding hydrogens is 283 g/mol. The van der Waals surface area contributed by atoms with Crippen molar-refractivity contribution in [3.63, 3.8) is 0 Å². The van der Waals surface area contributed by atoms with E-state index in [0.717, 1.165) is 23.8 Å². The highest BCUT2D eigenvalue weighted by molar-refractivity contribution is 7.15. The third kappa shape index (κ3) is 2.60. The Hall–Kier alpha value is -1.33. The summed E-state index contributed by atoms with van der Waals surface area (Å²) in [4.78, 5) is 1.60. The molecule has 2 aromatic rings. The maximum Gasteiger partial charge on any atom is 0.417 e. The fourth-order valence-corrected chi connectivity index (χ4v) is 3.45. The number of hydrogen-bond acceptors (Lipinski definition) is 2. The van der Waals surface area contributed by atoms with E-state index in [1.54, 1.807) is 12.1 Å². The van der Waals surface area contributed by atoms with Crippen LogP contribution in [0.2, 0.25) is 0 Å². The summed E-state index contributed by atoms with van der Waals surface area (Å²) in [7, 11) is 0. The van der Waals surface area contributed by atoms with E-state index in [0.29, 0.717) is 10.8 Å². The van der Waals surface area contributed by atoms with Gasteiger partial charge >= 0.3 is 6.18 Å². The van der Waals surface area contributed by atoms with E-state index in [-0.39, 0.29) is 11.6 Å². The van der Waals surface area contributed by atoms with E-state index < -0.39 is 11.7 Å². The van der Waals surface area contributed by atoms with Crippen LogP contribution >= 0.6 is 11.3 Å². The number of halogens is 3. The van der Waals surface area contributed by atoms with Gasteiger partial charge in [-0.2, -0.15) is 13.2 Å². The molecule has 1 nitrogen and oxygen atoms in total. The van der Waals surface area contributed by atoms with Crippen LogP contribution in [0.1, 0.15) is 29.3 Å². The maximum atomic E-state index is 13.0. The van der Waals surface area contributed by atoms with Crippen LogP contribution < -0.4 is 5.73 Å². The van der Waals surface area contributed by atoms with Crippen LogP contribution in [-0.2, 0) is 6.18 Å². The highest BCUT2D eigenvalue weighted by atomic mass is 32.1. The van der Waals surface area contributed by atoms with Gasteiger partial charge in [0.15, 0.2) is 0 Å². The first-order valence-electron chi connectivity index (χ1n) is 6.49. The first-order valence-corrected chi connectivity index (χ1v) is 7.30. The van der Waals surface area contributed by atoms with Crippen molar-refractivity contribution in [1.29, 1.82) is 0 Å². The zero-order valence-electron chi connectivity index (χ0n) is 10.7. The minimum Gasteiger partial charge on any atom is -0.323 e. The van der Waals surface area contributed by atoms with Gasteiger partial charge in [0.05, 0.1) is 5.56 Å². The van der Waals surface area contributed by atoms with Crippen molar-refractivity contribution in [2.45, 2.75) is 25.1 Å². The Bertz CT molecular complexity index is 614. The van der Waals surface area contributed by atoms with Crippen molar-refractivity contribution in [3.8, 4) is 10.4 Å². The van der Waals surface area contributed by atoms with Gasteiger partial charge in [-0.1, -0.05) is 18.2 Å². The largest absolute Gasteiger partial charge is 0.417 e. The van der Waals surface area contributed by atoms with Crippen molar-refractivity contribution in [2.75, 3.05) is 0 Å². The third-order valence-corrected chi connectivity index (χ3v) is 4.80. The molecule has 20 heavy (non-hydrogen) atoms. The molecule has 0 amide bonds. The molecule has 5 heteroatoms. The van der Waals surface area contributed by atoms with Crippen molar-refractivity contribution >= 4 is 11.3 Å². The van der Waals surface area contributed by atoms with Gasteiger partial charge in [0.2, 0.25) is 0 Å². The molecule has 1 heterocycles. The number of hydrogen-bond donors (Lipinski definition) is 1. The first-order chi connectivity index (χ1) is 9.47. The Labute approximate surface area is 119 Å². The minimum absolute atomic E-state index is 0.0354. The predicted octanol–water partition coefficient (Wildman–Crippen LogP) is 4.84. The minimum atomic E-state index is -4.33. The molecule has 1 aromatic heterocycles. The highest BCUT2D eigenvalue weighted by Gasteiger charge is 2.34. The lowest BCUT2D eigenvalue weighted by molar-refractivity contribution is -0.137. The van der Waals surface area contributed by atoms with Crippen LogP contribution in [0, 0.1) is 5.92 Å². The highest BCUT2D eigenvalue weighted by Crippen LogP contribution is 2.44. The molecule has 0 radical (unpaired) electrons. The normalized spacial score (nSPS) is 17.2. The monoisotopic (exact) mass is 297 g/mol. The lowest BCUT2D eigenvalue weighted by atomic mass is 10.1. The summed E-state index contributed by atoms with van der Waals surface area (Å²) in [5.41, 5.74) is 5.75. The molecule has 1 fully saturated rings. The summed E-state index contributed by atoms with van der Waals surface area (Å²) in [6.45, 7) is 0. The zero-order chi connectivity index (χ0) is 14.3. The number of benzene rings is 1. The average molecular weight is 297 g/mol. The molecule has 1 unspecified atom stereocenters. The second kappa shape index (κ2) is 4.90. The number of thiophene rings is 1. The lowest BCUT2D eigenvalue weighted by Crippen LogP contribution is -2.10. The smallest absolute Gasteiger partial charge is 0.323 e. The molecule has 0 spiro atoms. The molecular formula is C15H14F3NS. The molecule has 0 bridgehead atoms. The summed E-state index contributed by atoms with van der Waals surface area (Å²) in [6, 6.07) is 9.24. The van der Waals surface area contributed by atoms with E-state index >= 15 is 0 Å². The van der Waals surface area contributed by atoms with E-state index in [1.807, 2.05) is 6.07 Å². The molecule has 0 saturated heterocycles. The third-order valence-electron chi connectivity index (χ3n) is 3.58. The summed E-state index contributed by atoms with van der Waals surface area (Å²) in [6.07, 6.45) is -2.10. The van der Waals surface area contributed by atoms with Crippen LogP contribution in [0.3, 0.4) is 0 Å². The fourth-order valence-electron chi connectivity index (χ4n) is 2.31. The van der Waals surface area contributed by atoms with Crippen molar-refractivity contribution in [1.82, 2.24) is 0 Å². The Kier molecular flexibility index (Phi) is 3.34. The Morgan fingerprint density at radius 1 is 1.10 bits per heavy atom. The summed E-state index contributed by atoms with van der Waals surface area (Å²) in [5.74, 6) is 0.499. The van der Waals surface area contributed by atoms with Gasteiger partial charge in [0.1, 0.15) is 0 Å². The van der Waals surface area contributed by atoms with Crippen molar-refractivity contribution in [3.05, 3.63) is 46.8 Å². The van der Waals surface area contributed by atoms with Gasteiger partial charge in [0.25, 0.3) is 0 Å². The van der Waals surface area contributed by atoms with E-state index in [4.69, 9.17) is 5.73 Å². The van der Waals surface area contributed by atoms with Gasteiger partial charge in [0, 0.05) is 21.4 Å². The molecule has 1 atom stereocenters. The topological polar surface area (TPSA) is 26.0 Å². The molecule has 0 aliphatic heterocycles. The summed E-state index contributed by atoms with van der Waals surface area (Å²) in [5, 5.41) is 0. The van der Waals surface area contributed by atoms with Crippen LogP contribution in [0.4, 0.5) is 13.2 Å². The van der Waals surface area contributed by atoms with E-state index in [2.05, 4.69) is 0 Å². The maximum absolute atomic E-state index is 13.0. The fraction of sp³-hybridized carbons (Fsp3) is 0.333. The van der Waals surface area contributed by atoms with Gasteiger partial charge in [-0.15, -0.1) is 11.3 Å². The molecule has 3 rings (SSSR count). The van der Waals surface area contributed by atoms with Crippen LogP contribution in [0.5, 0.6) is 0 Å². The van der Waals surface area contributed by atoms with E-state index in [1.165, 1.54) is 23.5 Å². The first kappa shape index (κ1) is 13.6. The zero-order valence-corrected chi connectivity index (χ0v) is 11.5. The standard InChI is InChI=1S/C15H14F3NS/c16-15(17,18)11-4-2-1-3-10(11)12-7-8-13(20-12)14(19)9-5-6-9/h1-4,7-9,14H,5-6,19H2. The average Bonchev–Trinajstić information content (AvgIpc) is 3.14. The van der Waals surface area contributed by atoms with Gasteiger partial charge in [-0.05, 0) is 37.0 Å². The molecule has 1 aromatic carbocycles.